The molecular formula is C13H19NO4. The van der Waals surface area contributed by atoms with E-state index in [4.69, 9.17) is 9.47 Å². The molecule has 0 saturated heterocycles. The van der Waals surface area contributed by atoms with Gasteiger partial charge in [-0.05, 0) is 12.1 Å². The van der Waals surface area contributed by atoms with Crippen LogP contribution < -0.4 is 9.47 Å². The van der Waals surface area contributed by atoms with Crippen LogP contribution in [0.3, 0.4) is 0 Å². The van der Waals surface area contributed by atoms with Gasteiger partial charge in [0.05, 0.1) is 14.2 Å². The van der Waals surface area contributed by atoms with Gasteiger partial charge in [-0.1, -0.05) is 0 Å². The van der Waals surface area contributed by atoms with E-state index in [2.05, 4.69) is 0 Å². The van der Waals surface area contributed by atoms with Gasteiger partial charge in [-0.3, -0.25) is 0 Å². The average Bonchev–Trinajstić information content (AvgIpc) is 2.29. The van der Waals surface area contributed by atoms with Crippen molar-refractivity contribution in [2.75, 3.05) is 14.2 Å². The van der Waals surface area contributed by atoms with Gasteiger partial charge < -0.3 is 19.8 Å². The Labute approximate surface area is 107 Å². The molecule has 0 spiro atoms. The second-order valence-corrected chi connectivity index (χ2v) is 4.90. The van der Waals surface area contributed by atoms with Crippen LogP contribution in [0.25, 0.3) is 0 Å². The summed E-state index contributed by atoms with van der Waals surface area (Å²) in [6, 6.07) is 3.16. The summed E-state index contributed by atoms with van der Waals surface area (Å²) in [5.74, 6) is 0.455. The SMILES string of the molecule is COc1cc(C=[N+]([O-])C(C)(C)C)cc(OC)c1O. The molecule has 0 aliphatic rings. The molecule has 18 heavy (non-hydrogen) atoms. The number of aromatic hydroxyl groups is 1. The highest BCUT2D eigenvalue weighted by molar-refractivity contribution is 5.79. The Bertz CT molecular complexity index is 436. The summed E-state index contributed by atoms with van der Waals surface area (Å²) >= 11 is 0. The van der Waals surface area contributed by atoms with Crippen molar-refractivity contribution >= 4 is 6.21 Å². The highest BCUT2D eigenvalue weighted by Crippen LogP contribution is 2.36. The molecule has 100 valence electrons. The number of nitrogens with zero attached hydrogens (tertiary/aromatic N) is 1. The molecule has 1 aromatic carbocycles. The molecule has 0 aromatic heterocycles. The molecular weight excluding hydrogens is 234 g/mol. The number of benzene rings is 1. The van der Waals surface area contributed by atoms with Crippen LogP contribution >= 0.6 is 0 Å². The monoisotopic (exact) mass is 253 g/mol. The molecule has 0 aliphatic carbocycles. The Kier molecular flexibility index (Phi) is 4.06. The van der Waals surface area contributed by atoms with Gasteiger partial charge in [0.1, 0.15) is 0 Å². The van der Waals surface area contributed by atoms with Crippen LogP contribution in [-0.2, 0) is 0 Å². The van der Waals surface area contributed by atoms with Crippen molar-refractivity contribution in [2.45, 2.75) is 26.3 Å². The second-order valence-electron chi connectivity index (χ2n) is 4.90. The molecule has 1 aromatic rings. The van der Waals surface area contributed by atoms with Crippen LogP contribution in [0.15, 0.2) is 12.1 Å². The highest BCUT2D eigenvalue weighted by atomic mass is 16.5. The summed E-state index contributed by atoms with van der Waals surface area (Å²) in [4.78, 5) is 0. The van der Waals surface area contributed by atoms with Gasteiger partial charge in [-0.2, -0.15) is 0 Å². The Balaban J connectivity index is 3.27. The maximum atomic E-state index is 11.8. The summed E-state index contributed by atoms with van der Waals surface area (Å²) in [6.45, 7) is 5.43. The third kappa shape index (κ3) is 3.06. The summed E-state index contributed by atoms with van der Waals surface area (Å²) < 4.78 is 10.9. The van der Waals surface area contributed by atoms with E-state index in [9.17, 15) is 10.3 Å². The van der Waals surface area contributed by atoms with Crippen molar-refractivity contribution in [2.24, 2.45) is 0 Å². The van der Waals surface area contributed by atoms with Crippen molar-refractivity contribution in [3.63, 3.8) is 0 Å². The van der Waals surface area contributed by atoms with Crippen LogP contribution in [0.2, 0.25) is 0 Å². The van der Waals surface area contributed by atoms with Crippen LogP contribution in [0.4, 0.5) is 0 Å². The Hall–Kier alpha value is -1.91. The van der Waals surface area contributed by atoms with Crippen LogP contribution in [0, 0.1) is 5.21 Å². The smallest absolute Gasteiger partial charge is 0.200 e. The molecule has 0 amide bonds. The predicted molar refractivity (Wildman–Crippen MR) is 69.8 cm³/mol. The van der Waals surface area contributed by atoms with E-state index in [1.54, 1.807) is 12.1 Å². The number of hydroxylamine groups is 1. The lowest BCUT2D eigenvalue weighted by Crippen LogP contribution is -2.29. The van der Waals surface area contributed by atoms with Crippen molar-refractivity contribution in [1.29, 1.82) is 0 Å². The van der Waals surface area contributed by atoms with Crippen LogP contribution in [-0.4, -0.2) is 35.8 Å². The molecule has 1 rings (SSSR count). The minimum absolute atomic E-state index is 0.0784. The zero-order valence-corrected chi connectivity index (χ0v) is 11.4. The van der Waals surface area contributed by atoms with Gasteiger partial charge in [0, 0.05) is 26.3 Å². The Morgan fingerprint density at radius 1 is 1.17 bits per heavy atom. The lowest BCUT2D eigenvalue weighted by molar-refractivity contribution is -0.530. The van der Waals surface area contributed by atoms with Gasteiger partial charge in [0.25, 0.3) is 0 Å². The van der Waals surface area contributed by atoms with E-state index in [-0.39, 0.29) is 17.2 Å². The fraction of sp³-hybridized carbons (Fsp3) is 0.462. The number of phenolic OH excluding ortho intramolecular Hbond substituents is 1. The summed E-state index contributed by atoms with van der Waals surface area (Å²) in [5.41, 5.74) is 0.0738. The fourth-order valence-electron chi connectivity index (χ4n) is 1.32. The quantitative estimate of drug-likeness (QED) is 0.388. The number of ether oxygens (including phenoxy) is 2. The number of methoxy groups -OCH3 is 2. The first-order valence-electron chi connectivity index (χ1n) is 5.56. The minimum Gasteiger partial charge on any atom is -0.623 e. The van der Waals surface area contributed by atoms with Gasteiger partial charge in [0.2, 0.25) is 5.75 Å². The molecule has 0 bridgehead atoms. The maximum absolute atomic E-state index is 11.8. The molecule has 1 N–H and O–H groups in total. The number of phenols is 1. The molecule has 0 radical (unpaired) electrons. The minimum atomic E-state index is -0.529. The van der Waals surface area contributed by atoms with Crippen molar-refractivity contribution in [3.8, 4) is 17.2 Å². The van der Waals surface area contributed by atoms with E-state index in [0.717, 1.165) is 4.74 Å². The third-order valence-electron chi connectivity index (χ3n) is 2.43. The average molecular weight is 253 g/mol. The van der Waals surface area contributed by atoms with Gasteiger partial charge in [-0.15, -0.1) is 0 Å². The zero-order valence-electron chi connectivity index (χ0n) is 11.4. The van der Waals surface area contributed by atoms with E-state index in [0.29, 0.717) is 5.56 Å². The van der Waals surface area contributed by atoms with Crippen molar-refractivity contribution in [3.05, 3.63) is 22.9 Å². The van der Waals surface area contributed by atoms with Crippen molar-refractivity contribution < 1.29 is 19.3 Å². The molecule has 0 atom stereocenters. The summed E-state index contributed by atoms with van der Waals surface area (Å²) in [5, 5.41) is 21.6. The van der Waals surface area contributed by atoms with Crippen molar-refractivity contribution in [1.82, 2.24) is 0 Å². The first-order valence-corrected chi connectivity index (χ1v) is 5.56. The van der Waals surface area contributed by atoms with Gasteiger partial charge in [0.15, 0.2) is 23.3 Å². The topological polar surface area (TPSA) is 64.8 Å². The second kappa shape index (κ2) is 5.16. The number of rotatable bonds is 3. The molecule has 0 heterocycles. The third-order valence-corrected chi connectivity index (χ3v) is 2.43. The van der Waals surface area contributed by atoms with Crippen LogP contribution in [0.5, 0.6) is 17.2 Å². The summed E-state index contributed by atoms with van der Waals surface area (Å²) in [6.07, 6.45) is 1.44. The van der Waals surface area contributed by atoms with E-state index < -0.39 is 5.54 Å². The fourth-order valence-corrected chi connectivity index (χ4v) is 1.32. The first-order chi connectivity index (χ1) is 8.29. The molecule has 0 aliphatic heterocycles. The Morgan fingerprint density at radius 2 is 1.61 bits per heavy atom. The Morgan fingerprint density at radius 3 is 1.94 bits per heavy atom. The zero-order chi connectivity index (χ0) is 13.9. The van der Waals surface area contributed by atoms with Gasteiger partial charge >= 0.3 is 0 Å². The molecule has 5 heteroatoms. The largest absolute Gasteiger partial charge is 0.623 e. The molecule has 5 nitrogen and oxygen atoms in total. The first kappa shape index (κ1) is 14.2. The van der Waals surface area contributed by atoms with Gasteiger partial charge in [-0.25, -0.2) is 4.74 Å². The number of hydrogen-bond donors (Lipinski definition) is 1. The van der Waals surface area contributed by atoms with Crippen LogP contribution in [0.1, 0.15) is 26.3 Å². The number of hydrogen-bond acceptors (Lipinski definition) is 4. The molecule has 0 saturated carbocycles. The predicted octanol–water partition coefficient (Wildman–Crippen LogP) is 2.14. The normalized spacial score (nSPS) is 12.4. The molecule has 0 fully saturated rings. The summed E-state index contributed by atoms with van der Waals surface area (Å²) in [7, 11) is 2.88. The molecule has 0 unspecified atom stereocenters. The van der Waals surface area contributed by atoms with E-state index in [1.165, 1.54) is 20.4 Å². The maximum Gasteiger partial charge on any atom is 0.200 e. The van der Waals surface area contributed by atoms with E-state index >= 15 is 0 Å². The standard InChI is InChI=1S/C13H19NO4/c1-13(2,3)14(16)8-9-6-10(17-4)12(15)11(7-9)18-5/h6-8,15H,1-5H3. The van der Waals surface area contributed by atoms with E-state index in [1.807, 2.05) is 20.8 Å². The lowest BCUT2D eigenvalue weighted by Gasteiger charge is -2.19. The lowest BCUT2D eigenvalue weighted by atomic mass is 10.1. The highest BCUT2D eigenvalue weighted by Gasteiger charge is 2.19.